The molecule has 14 heteroatoms. The van der Waals surface area contributed by atoms with Crippen molar-refractivity contribution in [2.75, 3.05) is 20.8 Å². The molecule has 8 rings (SSSR count). The number of rotatable bonds is 7. The minimum Gasteiger partial charge on any atom is -0.462 e. The van der Waals surface area contributed by atoms with Crippen LogP contribution in [0.2, 0.25) is 0 Å². The Kier molecular flexibility index (Phi) is 14.6. The third-order valence-corrected chi connectivity index (χ3v) is 15.2. The number of aliphatic hydroxyl groups is 3. The van der Waals surface area contributed by atoms with Crippen molar-refractivity contribution in [1.29, 1.82) is 0 Å². The highest BCUT2D eigenvalue weighted by molar-refractivity contribution is 5.78. The Morgan fingerprint density at radius 3 is 2.29 bits per heavy atom. The summed E-state index contributed by atoms with van der Waals surface area (Å²) in [6.45, 7) is 11.8. The van der Waals surface area contributed by atoms with Crippen molar-refractivity contribution in [1.82, 2.24) is 0 Å². The molecule has 0 amide bonds. The summed E-state index contributed by atoms with van der Waals surface area (Å²) in [5.41, 5.74) is 0.165. The van der Waals surface area contributed by atoms with E-state index in [4.69, 9.17) is 47.4 Å². The fourth-order valence-electron chi connectivity index (χ4n) is 11.5. The lowest BCUT2D eigenvalue weighted by atomic mass is 9.71. The van der Waals surface area contributed by atoms with Crippen LogP contribution in [-0.2, 0) is 52.2 Å². The van der Waals surface area contributed by atoms with E-state index in [1.54, 1.807) is 40.2 Å². The zero-order valence-electron chi connectivity index (χ0n) is 38.3. The first-order chi connectivity index (χ1) is 30.1. The molecule has 19 atom stereocenters. The number of allylic oxidation sites excluding steroid dienone is 2. The van der Waals surface area contributed by atoms with Crippen LogP contribution in [0.25, 0.3) is 0 Å². The molecule has 0 aromatic rings. The summed E-state index contributed by atoms with van der Waals surface area (Å²) >= 11 is 0. The van der Waals surface area contributed by atoms with Gasteiger partial charge in [0.2, 0.25) is 0 Å². The maximum Gasteiger partial charge on any atom is 0.316 e. The van der Waals surface area contributed by atoms with Gasteiger partial charge in [0.1, 0.15) is 42.0 Å². The number of methoxy groups -OCH3 is 2. The average Bonchev–Trinajstić information content (AvgIpc) is 3.91. The second-order valence-electron chi connectivity index (χ2n) is 19.6. The number of aliphatic hydroxyl groups excluding tert-OH is 2. The fourth-order valence-corrected chi connectivity index (χ4v) is 11.5. The van der Waals surface area contributed by atoms with Crippen LogP contribution in [0.4, 0.5) is 0 Å². The van der Waals surface area contributed by atoms with Crippen LogP contribution in [0, 0.1) is 23.7 Å². The third-order valence-electron chi connectivity index (χ3n) is 15.2. The Balaban J connectivity index is 1.08. The summed E-state index contributed by atoms with van der Waals surface area (Å²) in [7, 11) is 3.23. The Bertz CT molecular complexity index is 1770. The molecule has 63 heavy (non-hydrogen) atoms. The van der Waals surface area contributed by atoms with Crippen LogP contribution < -0.4 is 0 Å². The van der Waals surface area contributed by atoms with Crippen molar-refractivity contribution >= 4 is 5.97 Å². The molecule has 0 aromatic carbocycles. The van der Waals surface area contributed by atoms with Crippen molar-refractivity contribution in [2.24, 2.45) is 23.7 Å². The van der Waals surface area contributed by atoms with Gasteiger partial charge in [0.25, 0.3) is 0 Å². The lowest BCUT2D eigenvalue weighted by molar-refractivity contribution is -0.318. The highest BCUT2D eigenvalue weighted by Gasteiger charge is 2.60. The smallest absolute Gasteiger partial charge is 0.316 e. The van der Waals surface area contributed by atoms with Gasteiger partial charge in [-0.2, -0.15) is 0 Å². The quantitative estimate of drug-likeness (QED) is 0.216. The van der Waals surface area contributed by atoms with Crippen molar-refractivity contribution in [3.63, 3.8) is 0 Å². The van der Waals surface area contributed by atoms with E-state index in [0.29, 0.717) is 49.2 Å². The fraction of sp³-hybridized carbons (Fsp3) is 0.776. The van der Waals surface area contributed by atoms with Crippen LogP contribution in [0.15, 0.2) is 59.3 Å². The van der Waals surface area contributed by atoms with E-state index in [9.17, 15) is 20.1 Å². The zero-order chi connectivity index (χ0) is 44.8. The van der Waals surface area contributed by atoms with Crippen LogP contribution in [0.1, 0.15) is 99.3 Å². The first kappa shape index (κ1) is 47.2. The maximum absolute atomic E-state index is 14.4. The van der Waals surface area contributed by atoms with Crippen molar-refractivity contribution < 1.29 is 67.5 Å². The molecule has 352 valence electrons. The topological polar surface area (TPSA) is 170 Å². The Labute approximate surface area is 372 Å². The largest absolute Gasteiger partial charge is 0.462 e. The van der Waals surface area contributed by atoms with Crippen LogP contribution >= 0.6 is 0 Å². The Morgan fingerprint density at radius 2 is 1.54 bits per heavy atom. The third kappa shape index (κ3) is 9.62. The standard InChI is InChI=1S/C49H72O14/c1-26-12-11-15-33-25-56-46-41(50)29(4)20-36(49(33,46)53)47(52)59-35-21-34(62-48(24-35)19-18-28(3)44(63-48)32-13-9-10-14-32)17-16-27(2)43(26)60-40-23-38(55-8)45(31(6)58-40)61-39-22-37(54-7)42(51)30(5)57-39/h11-12,15-16,18-20,26,28,30-32,34-46,50-51,53H,9-10,13-14,17,21-25H2,1-8H3/b12-11-,27-16-,33-15?/t26-,28-,30-,31-,34+,35-,36-,37-,38-,39-,40-,41+,42-,43-,44?,45-,46+,48+,49+/m0/s1. The number of esters is 1. The summed E-state index contributed by atoms with van der Waals surface area (Å²) in [4.78, 5) is 14.4. The number of fused-ring (bicyclic) bond motifs is 2. The molecule has 0 aromatic heterocycles. The molecule has 4 saturated heterocycles. The molecular formula is C49H72O14. The second-order valence-corrected chi connectivity index (χ2v) is 19.6. The summed E-state index contributed by atoms with van der Waals surface area (Å²) in [5.74, 6) is -2.30. The lowest BCUT2D eigenvalue weighted by Gasteiger charge is -2.48. The average molecular weight is 885 g/mol. The number of carbonyl (C=O) groups excluding carboxylic acids is 1. The van der Waals surface area contributed by atoms with E-state index in [-0.39, 0.29) is 36.8 Å². The summed E-state index contributed by atoms with van der Waals surface area (Å²) < 4.78 is 64.0. The minimum atomic E-state index is -1.83. The van der Waals surface area contributed by atoms with Crippen molar-refractivity contribution in [2.45, 2.75) is 197 Å². The van der Waals surface area contributed by atoms with Gasteiger partial charge in [-0.05, 0) is 75.7 Å². The van der Waals surface area contributed by atoms with Gasteiger partial charge in [-0.15, -0.1) is 0 Å². The van der Waals surface area contributed by atoms with Crippen molar-refractivity contribution in [3.05, 3.63) is 59.3 Å². The van der Waals surface area contributed by atoms with E-state index < -0.39 is 90.8 Å². The first-order valence-corrected chi connectivity index (χ1v) is 23.5. The molecule has 2 aliphatic carbocycles. The predicted molar refractivity (Wildman–Crippen MR) is 230 cm³/mol. The summed E-state index contributed by atoms with van der Waals surface area (Å²) in [6, 6.07) is 0. The molecule has 1 saturated carbocycles. The SMILES string of the molecule is CO[C@H]1C[C@H](O[C@H]2[C@H](C)O[C@@H](O[C@@H]3/C(C)=C\C[C@@H]4C[C@@H](C[C@]5(C=C[C@H](C)C(C6CCCC6)O5)O4)OC(=O)[C@@H]4C=C(C)[C@@H](O)[C@H]5OCC(=C/C=C\[C@@H]3C)[C@]54O)C[C@@H]2OC)O[C@@H](C)[C@@H]1O. The van der Waals surface area contributed by atoms with Gasteiger partial charge in [0, 0.05) is 51.7 Å². The van der Waals surface area contributed by atoms with Gasteiger partial charge in [-0.1, -0.05) is 63.1 Å². The van der Waals surface area contributed by atoms with E-state index in [0.717, 1.165) is 18.4 Å². The van der Waals surface area contributed by atoms with E-state index in [1.165, 1.54) is 12.8 Å². The maximum atomic E-state index is 14.4. The molecule has 3 N–H and O–H groups in total. The van der Waals surface area contributed by atoms with Crippen LogP contribution in [0.5, 0.6) is 0 Å². The number of hydrogen-bond acceptors (Lipinski definition) is 14. The minimum absolute atomic E-state index is 0.0175. The molecule has 14 nitrogen and oxygen atoms in total. The highest BCUT2D eigenvalue weighted by atomic mass is 16.7. The predicted octanol–water partition coefficient (Wildman–Crippen LogP) is 5.52. The molecule has 2 bridgehead atoms. The number of carbonyl (C=O) groups is 1. The van der Waals surface area contributed by atoms with Crippen LogP contribution in [0.3, 0.4) is 0 Å². The lowest BCUT2D eigenvalue weighted by Crippen LogP contribution is -2.58. The van der Waals surface area contributed by atoms with Crippen LogP contribution in [-0.4, -0.2) is 139 Å². The molecule has 6 aliphatic heterocycles. The van der Waals surface area contributed by atoms with Gasteiger partial charge in [-0.25, -0.2) is 0 Å². The monoisotopic (exact) mass is 884 g/mol. The number of hydrogen-bond donors (Lipinski definition) is 3. The zero-order valence-corrected chi connectivity index (χ0v) is 38.3. The van der Waals surface area contributed by atoms with Gasteiger partial charge in [-0.3, -0.25) is 4.79 Å². The molecule has 6 heterocycles. The number of ether oxygens (including phenoxy) is 10. The van der Waals surface area contributed by atoms with E-state index in [1.807, 2.05) is 25.2 Å². The summed E-state index contributed by atoms with van der Waals surface area (Å²) in [6.07, 6.45) is 12.6. The summed E-state index contributed by atoms with van der Waals surface area (Å²) in [5, 5.41) is 34.3. The Hall–Kier alpha value is -2.31. The molecule has 0 radical (unpaired) electrons. The Morgan fingerprint density at radius 1 is 0.825 bits per heavy atom. The molecule has 1 spiro atoms. The van der Waals surface area contributed by atoms with Gasteiger partial charge in [0.15, 0.2) is 18.4 Å². The van der Waals surface area contributed by atoms with Gasteiger partial charge < -0.3 is 62.7 Å². The van der Waals surface area contributed by atoms with E-state index >= 15 is 0 Å². The normalized spacial score (nSPS) is 48.8. The van der Waals surface area contributed by atoms with Crippen molar-refractivity contribution in [3.8, 4) is 0 Å². The van der Waals surface area contributed by atoms with Gasteiger partial charge >= 0.3 is 5.97 Å². The molecule has 1 unspecified atom stereocenters. The molecular weight excluding hydrogens is 813 g/mol. The van der Waals surface area contributed by atoms with E-state index in [2.05, 4.69) is 32.9 Å². The second kappa shape index (κ2) is 19.5. The molecule has 8 aliphatic rings. The first-order valence-electron chi connectivity index (χ1n) is 23.5. The highest BCUT2D eigenvalue weighted by Crippen LogP contribution is 2.48. The molecule has 5 fully saturated rings. The van der Waals surface area contributed by atoms with Gasteiger partial charge in [0.05, 0.1) is 49.3 Å².